The highest BCUT2D eigenvalue weighted by molar-refractivity contribution is 6.32. The third kappa shape index (κ3) is 7.48. The monoisotopic (exact) mass is 433 g/mol. The Labute approximate surface area is 184 Å². The lowest BCUT2D eigenvalue weighted by Gasteiger charge is -2.33. The van der Waals surface area contributed by atoms with Crippen LogP contribution in [0.5, 0.6) is 5.75 Å². The van der Waals surface area contributed by atoms with Gasteiger partial charge in [0.15, 0.2) is 0 Å². The van der Waals surface area contributed by atoms with E-state index >= 15 is 0 Å². The molecule has 1 amide bonds. The minimum atomic E-state index is -0.609. The molecule has 0 aliphatic heterocycles. The van der Waals surface area contributed by atoms with Crippen molar-refractivity contribution < 1.29 is 14.3 Å². The number of amides is 1. The molecule has 164 valence electrons. The van der Waals surface area contributed by atoms with Crippen LogP contribution in [0.3, 0.4) is 0 Å². The summed E-state index contributed by atoms with van der Waals surface area (Å²) in [5.74, 6) is 0.902. The largest absolute Gasteiger partial charge is 0.490 e. The van der Waals surface area contributed by atoms with E-state index in [0.29, 0.717) is 16.7 Å². The van der Waals surface area contributed by atoms with Crippen LogP contribution in [0.2, 0.25) is 5.02 Å². The maximum Gasteiger partial charge on any atom is 0.408 e. The molecule has 6 nitrogen and oxygen atoms in total. The van der Waals surface area contributed by atoms with Crippen LogP contribution in [0, 0.1) is 12.8 Å². The number of hydrogen-bond donors (Lipinski definition) is 1. The number of alkyl carbamates (subject to hydrolysis) is 1. The minimum Gasteiger partial charge on any atom is -0.490 e. The number of hydrogen-bond acceptors (Lipinski definition) is 5. The molecule has 0 radical (unpaired) electrons. The van der Waals surface area contributed by atoms with Gasteiger partial charge >= 0.3 is 6.09 Å². The Morgan fingerprint density at radius 1 is 1.17 bits per heavy atom. The van der Waals surface area contributed by atoms with Gasteiger partial charge in [-0.05, 0) is 71.2 Å². The van der Waals surface area contributed by atoms with E-state index < -0.39 is 17.2 Å². The van der Waals surface area contributed by atoms with Gasteiger partial charge in [0.2, 0.25) is 0 Å². The molecule has 7 heteroatoms. The Hall–Kier alpha value is -2.34. The van der Waals surface area contributed by atoms with E-state index in [2.05, 4.69) is 29.1 Å². The fraction of sp³-hybridized carbons (Fsp3) is 0.522. The number of halogens is 1. The molecule has 0 spiro atoms. The summed E-state index contributed by atoms with van der Waals surface area (Å²) in [6.45, 7) is 13.8. The van der Waals surface area contributed by atoms with E-state index in [1.54, 1.807) is 0 Å². The van der Waals surface area contributed by atoms with Crippen molar-refractivity contribution >= 4 is 17.7 Å². The van der Waals surface area contributed by atoms with Gasteiger partial charge in [-0.25, -0.2) is 14.8 Å². The fourth-order valence-electron chi connectivity index (χ4n) is 3.22. The topological polar surface area (TPSA) is 73.3 Å². The first-order valence-electron chi connectivity index (χ1n) is 10.1. The molecule has 1 atom stereocenters. The van der Waals surface area contributed by atoms with Crippen LogP contribution < -0.4 is 10.1 Å². The molecule has 0 unspecified atom stereocenters. The lowest BCUT2D eigenvalue weighted by Crippen LogP contribution is -2.52. The number of rotatable bonds is 7. The number of aromatic nitrogens is 2. The molecule has 0 saturated carbocycles. The van der Waals surface area contributed by atoms with E-state index in [9.17, 15) is 4.79 Å². The number of carbonyl (C=O) groups is 1. The van der Waals surface area contributed by atoms with Crippen molar-refractivity contribution in [2.75, 3.05) is 6.61 Å². The molecule has 0 bridgehead atoms. The fourth-order valence-corrected chi connectivity index (χ4v) is 3.46. The van der Waals surface area contributed by atoms with Crippen LogP contribution in [0.25, 0.3) is 11.3 Å². The summed E-state index contributed by atoms with van der Waals surface area (Å²) in [6, 6.07) is 7.44. The van der Waals surface area contributed by atoms with E-state index in [0.717, 1.165) is 23.4 Å². The maximum atomic E-state index is 12.3. The molecule has 1 N–H and O–H groups in total. The van der Waals surface area contributed by atoms with Crippen molar-refractivity contribution in [3.8, 4) is 17.0 Å². The van der Waals surface area contributed by atoms with E-state index in [1.807, 2.05) is 58.9 Å². The number of carbonyl (C=O) groups excluding carboxylic acids is 1. The molecule has 2 rings (SSSR count). The molecule has 0 aliphatic carbocycles. The van der Waals surface area contributed by atoms with Gasteiger partial charge in [0.05, 0.1) is 16.3 Å². The molecule has 0 aliphatic rings. The number of benzene rings is 1. The Morgan fingerprint density at radius 2 is 1.87 bits per heavy atom. The Bertz CT molecular complexity index is 880. The lowest BCUT2D eigenvalue weighted by atomic mass is 9.91. The number of ether oxygens (including phenoxy) is 2. The smallest absolute Gasteiger partial charge is 0.408 e. The standard InChI is InChI=1S/C23H32ClN3O3/c1-15(2)12-23(7,27-21(28)30-22(4,5)6)13-29-20-9-8-17(11-18(20)24)19-10-16(3)25-14-26-19/h8-11,14-15H,12-13H2,1-7H3,(H,27,28)/t23-/m0/s1. The average Bonchev–Trinajstić information content (AvgIpc) is 2.58. The second-order valence-corrected chi connectivity index (χ2v) is 9.67. The SMILES string of the molecule is Cc1cc(-c2ccc(OC[C@](C)(CC(C)C)NC(=O)OC(C)(C)C)c(Cl)c2)ncn1. The third-order valence-electron chi connectivity index (χ3n) is 4.24. The molecular weight excluding hydrogens is 402 g/mol. The molecular formula is C23H32ClN3O3. The van der Waals surface area contributed by atoms with Gasteiger partial charge in [-0.1, -0.05) is 25.4 Å². The Balaban J connectivity index is 2.13. The number of nitrogens with zero attached hydrogens (tertiary/aromatic N) is 2. The van der Waals surface area contributed by atoms with Crippen molar-refractivity contribution in [3.63, 3.8) is 0 Å². The first kappa shape index (κ1) is 23.9. The summed E-state index contributed by atoms with van der Waals surface area (Å²) in [5.41, 5.74) is 1.39. The highest BCUT2D eigenvalue weighted by Crippen LogP contribution is 2.31. The van der Waals surface area contributed by atoms with Crippen molar-refractivity contribution in [2.45, 2.75) is 66.0 Å². The summed E-state index contributed by atoms with van der Waals surface area (Å²) in [4.78, 5) is 20.7. The average molecular weight is 434 g/mol. The van der Waals surface area contributed by atoms with Crippen LogP contribution in [-0.2, 0) is 4.74 Å². The minimum absolute atomic E-state index is 0.260. The van der Waals surface area contributed by atoms with Gasteiger partial charge in [0.1, 0.15) is 24.3 Å². The van der Waals surface area contributed by atoms with Crippen LogP contribution in [-0.4, -0.2) is 33.8 Å². The van der Waals surface area contributed by atoms with Gasteiger partial charge < -0.3 is 14.8 Å². The molecule has 1 heterocycles. The van der Waals surface area contributed by atoms with Crippen molar-refractivity contribution in [3.05, 3.63) is 41.3 Å². The zero-order valence-corrected chi connectivity index (χ0v) is 19.6. The molecule has 0 fully saturated rings. The lowest BCUT2D eigenvalue weighted by molar-refractivity contribution is 0.0408. The third-order valence-corrected chi connectivity index (χ3v) is 4.53. The Morgan fingerprint density at radius 3 is 2.43 bits per heavy atom. The molecule has 2 aromatic rings. The summed E-state index contributed by atoms with van der Waals surface area (Å²) in [5, 5.41) is 3.45. The first-order valence-corrected chi connectivity index (χ1v) is 10.5. The quantitative estimate of drug-likeness (QED) is 0.596. The normalized spacial score (nSPS) is 13.6. The predicted octanol–water partition coefficient (Wildman–Crippen LogP) is 5.81. The van der Waals surface area contributed by atoms with Crippen LogP contribution in [0.1, 0.15) is 53.7 Å². The van der Waals surface area contributed by atoms with Gasteiger partial charge in [-0.2, -0.15) is 0 Å². The van der Waals surface area contributed by atoms with Gasteiger partial charge in [0.25, 0.3) is 0 Å². The highest BCUT2D eigenvalue weighted by atomic mass is 35.5. The van der Waals surface area contributed by atoms with Crippen LogP contribution in [0.4, 0.5) is 4.79 Å². The summed E-state index contributed by atoms with van der Waals surface area (Å²) in [7, 11) is 0. The maximum absolute atomic E-state index is 12.3. The Kier molecular flexibility index (Phi) is 7.70. The zero-order valence-electron chi connectivity index (χ0n) is 18.9. The van der Waals surface area contributed by atoms with E-state index in [4.69, 9.17) is 21.1 Å². The molecule has 0 saturated heterocycles. The van der Waals surface area contributed by atoms with E-state index in [-0.39, 0.29) is 6.61 Å². The second kappa shape index (κ2) is 9.65. The summed E-state index contributed by atoms with van der Waals surface area (Å²) < 4.78 is 11.4. The summed E-state index contributed by atoms with van der Waals surface area (Å²) >= 11 is 6.47. The number of aryl methyl sites for hydroxylation is 1. The molecule has 30 heavy (non-hydrogen) atoms. The van der Waals surface area contributed by atoms with Crippen molar-refractivity contribution in [1.29, 1.82) is 0 Å². The van der Waals surface area contributed by atoms with Crippen molar-refractivity contribution in [1.82, 2.24) is 15.3 Å². The second-order valence-electron chi connectivity index (χ2n) is 9.26. The molecule has 1 aromatic carbocycles. The highest BCUT2D eigenvalue weighted by Gasteiger charge is 2.31. The van der Waals surface area contributed by atoms with Crippen LogP contribution >= 0.6 is 11.6 Å². The van der Waals surface area contributed by atoms with Gasteiger partial charge in [-0.15, -0.1) is 0 Å². The van der Waals surface area contributed by atoms with E-state index in [1.165, 1.54) is 6.33 Å². The first-order chi connectivity index (χ1) is 13.9. The molecule has 1 aromatic heterocycles. The van der Waals surface area contributed by atoms with Gasteiger partial charge in [-0.3, -0.25) is 0 Å². The van der Waals surface area contributed by atoms with Crippen LogP contribution in [0.15, 0.2) is 30.6 Å². The van der Waals surface area contributed by atoms with Crippen molar-refractivity contribution in [2.24, 2.45) is 5.92 Å². The number of nitrogens with one attached hydrogen (secondary N) is 1. The zero-order chi connectivity index (χ0) is 22.5. The summed E-state index contributed by atoms with van der Waals surface area (Å²) in [6.07, 6.45) is 1.79. The van der Waals surface area contributed by atoms with Gasteiger partial charge in [0, 0.05) is 11.3 Å². The predicted molar refractivity (Wildman–Crippen MR) is 120 cm³/mol.